The van der Waals surface area contributed by atoms with Crippen molar-refractivity contribution < 1.29 is 24.2 Å². The van der Waals surface area contributed by atoms with Gasteiger partial charge in [-0.3, -0.25) is 9.59 Å². The molecule has 1 aromatic heterocycles. The summed E-state index contributed by atoms with van der Waals surface area (Å²) in [7, 11) is 3.37. The van der Waals surface area contributed by atoms with Gasteiger partial charge in [0.05, 0.1) is 19.2 Å². The van der Waals surface area contributed by atoms with Crippen LogP contribution in [-0.4, -0.2) is 109 Å². The van der Waals surface area contributed by atoms with Crippen LogP contribution in [0, 0.1) is 17.8 Å². The summed E-state index contributed by atoms with van der Waals surface area (Å²) in [5.74, 6) is 5.77. The van der Waals surface area contributed by atoms with Gasteiger partial charge < -0.3 is 29.3 Å². The van der Waals surface area contributed by atoms with E-state index in [1.807, 2.05) is 13.8 Å². The zero-order chi connectivity index (χ0) is 26.1. The van der Waals surface area contributed by atoms with Crippen LogP contribution in [0.5, 0.6) is 5.88 Å². The Balaban J connectivity index is 1.78. The van der Waals surface area contributed by atoms with E-state index >= 15 is 0 Å². The van der Waals surface area contributed by atoms with E-state index in [2.05, 4.69) is 21.7 Å². The normalized spacial score (nSPS) is 21.4. The second-order valence-electron chi connectivity index (χ2n) is 9.86. The maximum absolute atomic E-state index is 13.4. The molecule has 0 radical (unpaired) electrons. The Morgan fingerprint density at radius 3 is 2.81 bits per heavy atom. The molecule has 1 N–H and O–H groups in total. The maximum atomic E-state index is 13.4. The van der Waals surface area contributed by atoms with Crippen molar-refractivity contribution in [3.8, 4) is 17.7 Å². The molecular formula is C27H40N4O5. The second-order valence-corrected chi connectivity index (χ2v) is 9.86. The first-order valence-electron chi connectivity index (χ1n) is 12.9. The second kappa shape index (κ2) is 13.6. The molecule has 2 amide bonds. The molecule has 0 spiro atoms. The number of aromatic nitrogens is 1. The van der Waals surface area contributed by atoms with E-state index in [4.69, 9.17) is 9.47 Å². The lowest BCUT2D eigenvalue weighted by atomic mass is 9.99. The van der Waals surface area contributed by atoms with Crippen LogP contribution < -0.4 is 4.74 Å². The molecule has 0 aliphatic carbocycles. The van der Waals surface area contributed by atoms with Crippen molar-refractivity contribution in [2.24, 2.45) is 5.92 Å². The maximum Gasteiger partial charge on any atom is 0.259 e. The van der Waals surface area contributed by atoms with Crippen LogP contribution in [0.25, 0.3) is 0 Å². The number of aliphatic hydroxyl groups excluding tert-OH is 1. The van der Waals surface area contributed by atoms with Gasteiger partial charge in [-0.1, -0.05) is 25.2 Å². The number of amides is 2. The van der Waals surface area contributed by atoms with Gasteiger partial charge in [0.15, 0.2) is 0 Å². The molecule has 0 unspecified atom stereocenters. The van der Waals surface area contributed by atoms with Gasteiger partial charge in [0, 0.05) is 51.3 Å². The largest absolute Gasteiger partial charge is 0.472 e. The number of ether oxygens (including phenoxy) is 2. The van der Waals surface area contributed by atoms with Gasteiger partial charge in [0.1, 0.15) is 18.3 Å². The van der Waals surface area contributed by atoms with E-state index in [9.17, 15) is 14.7 Å². The van der Waals surface area contributed by atoms with E-state index in [-0.39, 0.29) is 49.0 Å². The molecule has 36 heavy (non-hydrogen) atoms. The van der Waals surface area contributed by atoms with E-state index in [0.29, 0.717) is 30.6 Å². The fourth-order valence-corrected chi connectivity index (χ4v) is 4.60. The summed E-state index contributed by atoms with van der Waals surface area (Å²) in [6.07, 6.45) is 5.35. The van der Waals surface area contributed by atoms with Crippen LogP contribution in [-0.2, 0) is 9.53 Å². The lowest BCUT2D eigenvalue weighted by molar-refractivity contribution is -0.131. The topological polar surface area (TPSA) is 95.4 Å². The van der Waals surface area contributed by atoms with E-state index < -0.39 is 0 Å². The lowest BCUT2D eigenvalue weighted by Gasteiger charge is -2.37. The van der Waals surface area contributed by atoms with Crippen LogP contribution in [0.1, 0.15) is 55.5 Å². The molecular weight excluding hydrogens is 460 g/mol. The van der Waals surface area contributed by atoms with Crippen molar-refractivity contribution in [3.05, 3.63) is 23.4 Å². The lowest BCUT2D eigenvalue weighted by Crippen LogP contribution is -2.50. The quantitative estimate of drug-likeness (QED) is 0.542. The minimum atomic E-state index is -0.376. The van der Waals surface area contributed by atoms with Gasteiger partial charge in [-0.15, -0.1) is 0 Å². The molecule has 1 aromatic rings. The number of piperidine rings is 1. The summed E-state index contributed by atoms with van der Waals surface area (Å²) < 4.78 is 11.3. The number of carbonyl (C=O) groups excluding carboxylic acids is 2. The van der Waals surface area contributed by atoms with Gasteiger partial charge in [0.25, 0.3) is 5.91 Å². The number of pyridine rings is 1. The van der Waals surface area contributed by atoms with Gasteiger partial charge >= 0.3 is 0 Å². The monoisotopic (exact) mass is 500 g/mol. The first-order chi connectivity index (χ1) is 17.3. The van der Waals surface area contributed by atoms with Crippen molar-refractivity contribution in [1.29, 1.82) is 0 Å². The predicted molar refractivity (Wildman–Crippen MR) is 137 cm³/mol. The average molecular weight is 501 g/mol. The Kier molecular flexibility index (Phi) is 10.5. The number of fused-ring (bicyclic) bond motifs is 1. The minimum Gasteiger partial charge on any atom is -0.472 e. The van der Waals surface area contributed by atoms with Crippen LogP contribution in [0.4, 0.5) is 0 Å². The average Bonchev–Trinajstić information content (AvgIpc) is 2.89. The minimum absolute atomic E-state index is 0.0760. The molecule has 1 saturated heterocycles. The Labute approximate surface area is 214 Å². The molecule has 3 atom stereocenters. The summed E-state index contributed by atoms with van der Waals surface area (Å²) in [5.41, 5.74) is 0.880. The number of likely N-dealkylation sites (N-methyl/N-ethyl adjacent to an activating group) is 1. The smallest absolute Gasteiger partial charge is 0.259 e. The number of hydrogen-bond donors (Lipinski definition) is 1. The Hall–Kier alpha value is -2.67. The number of aliphatic hydroxyl groups is 1. The third kappa shape index (κ3) is 7.42. The van der Waals surface area contributed by atoms with E-state index in [1.54, 1.807) is 36.2 Å². The van der Waals surface area contributed by atoms with Gasteiger partial charge in [-0.25, -0.2) is 4.98 Å². The molecule has 9 nitrogen and oxygen atoms in total. The highest BCUT2D eigenvalue weighted by molar-refractivity contribution is 5.97. The summed E-state index contributed by atoms with van der Waals surface area (Å²) in [5, 5.41) is 9.82. The number of carbonyl (C=O) groups is 2. The number of methoxy groups -OCH3 is 1. The molecule has 3 heterocycles. The Morgan fingerprint density at radius 1 is 1.36 bits per heavy atom. The summed E-state index contributed by atoms with van der Waals surface area (Å²) in [4.78, 5) is 36.5. The van der Waals surface area contributed by atoms with Crippen LogP contribution in [0.3, 0.4) is 0 Å². The summed E-state index contributed by atoms with van der Waals surface area (Å²) >= 11 is 0. The fourth-order valence-electron chi connectivity index (χ4n) is 4.60. The third-order valence-electron chi connectivity index (χ3n) is 6.94. The molecule has 3 rings (SSSR count). The van der Waals surface area contributed by atoms with Crippen molar-refractivity contribution in [1.82, 2.24) is 19.7 Å². The van der Waals surface area contributed by atoms with E-state index in [1.165, 1.54) is 19.3 Å². The van der Waals surface area contributed by atoms with Crippen LogP contribution in [0.2, 0.25) is 0 Å². The predicted octanol–water partition coefficient (Wildman–Crippen LogP) is 1.63. The summed E-state index contributed by atoms with van der Waals surface area (Å²) in [6, 6.07) is 1.30. The first kappa shape index (κ1) is 27.9. The zero-order valence-electron chi connectivity index (χ0n) is 22.0. The van der Waals surface area contributed by atoms with E-state index in [0.717, 1.165) is 19.6 Å². The van der Waals surface area contributed by atoms with Crippen molar-refractivity contribution in [2.75, 3.05) is 60.1 Å². The molecule has 2 aliphatic heterocycles. The third-order valence-corrected chi connectivity index (χ3v) is 6.94. The molecule has 0 saturated carbocycles. The van der Waals surface area contributed by atoms with Gasteiger partial charge in [-0.05, 0) is 38.9 Å². The van der Waals surface area contributed by atoms with Crippen molar-refractivity contribution in [2.45, 2.75) is 51.7 Å². The Bertz CT molecular complexity index is 953. The highest BCUT2D eigenvalue weighted by atomic mass is 16.5. The van der Waals surface area contributed by atoms with Gasteiger partial charge in [0.2, 0.25) is 11.8 Å². The number of hydrogen-bond acceptors (Lipinski definition) is 7. The van der Waals surface area contributed by atoms with Crippen LogP contribution in [0.15, 0.2) is 12.3 Å². The Morgan fingerprint density at radius 2 is 2.11 bits per heavy atom. The molecule has 1 fully saturated rings. The SMILES string of the molecule is COCC#Cc1cnc2c(c1)C(=O)N([C@H](C)CO)C[C@@H](C)[C@H](CN(C)C(=O)CCN1CCCCC1)O2. The number of nitrogens with zero attached hydrogens (tertiary/aromatic N) is 4. The zero-order valence-corrected chi connectivity index (χ0v) is 22.0. The molecule has 9 heteroatoms. The number of likely N-dealkylation sites (tertiary alicyclic amines) is 1. The standard InChI is InChI=1S/C27H40N4O5/c1-20-17-31(21(2)19-32)27(34)23-15-22(9-8-14-35-4)16-28-26(23)36-24(20)18-29(3)25(33)10-13-30-11-6-5-7-12-30/h15-16,20-21,24,32H,5-7,10-14,17-19H2,1-4H3/t20-,21-,24+/m1/s1. The highest BCUT2D eigenvalue weighted by Crippen LogP contribution is 2.27. The van der Waals surface area contributed by atoms with Crippen LogP contribution >= 0.6 is 0 Å². The summed E-state index contributed by atoms with van der Waals surface area (Å²) in [6.45, 7) is 7.59. The molecule has 198 valence electrons. The highest BCUT2D eigenvalue weighted by Gasteiger charge is 2.34. The fraction of sp³-hybridized carbons (Fsp3) is 0.667. The van der Waals surface area contributed by atoms with Crippen molar-refractivity contribution >= 4 is 11.8 Å². The van der Waals surface area contributed by atoms with Gasteiger partial charge in [-0.2, -0.15) is 0 Å². The van der Waals surface area contributed by atoms with Crippen molar-refractivity contribution in [3.63, 3.8) is 0 Å². The number of rotatable bonds is 8. The molecule has 2 aliphatic rings. The molecule has 0 bridgehead atoms. The first-order valence-corrected chi connectivity index (χ1v) is 12.9. The molecule has 0 aromatic carbocycles.